The fourth-order valence-corrected chi connectivity index (χ4v) is 3.57. The molecule has 0 bridgehead atoms. The van der Waals surface area contributed by atoms with Gasteiger partial charge in [-0.05, 0) is 25.3 Å². The van der Waals surface area contributed by atoms with Crippen LogP contribution in [0.2, 0.25) is 0 Å². The SMILES string of the molecule is CC(C)c1nc(COC(=O)[C@@H]2CCCCN2c2ncccn2)cs1. The monoisotopic (exact) mass is 346 g/mol. The van der Waals surface area contributed by atoms with E-state index in [4.69, 9.17) is 4.74 Å². The van der Waals surface area contributed by atoms with E-state index in [1.807, 2.05) is 10.3 Å². The summed E-state index contributed by atoms with van der Waals surface area (Å²) in [5, 5.41) is 3.03. The number of piperidine rings is 1. The van der Waals surface area contributed by atoms with Crippen molar-refractivity contribution in [2.75, 3.05) is 11.4 Å². The Morgan fingerprint density at radius 1 is 1.38 bits per heavy atom. The molecule has 1 aliphatic heterocycles. The summed E-state index contributed by atoms with van der Waals surface area (Å²) in [6, 6.07) is 1.46. The molecule has 0 saturated carbocycles. The van der Waals surface area contributed by atoms with Gasteiger partial charge in [0.25, 0.3) is 0 Å². The van der Waals surface area contributed by atoms with E-state index in [0.717, 1.165) is 36.5 Å². The van der Waals surface area contributed by atoms with Crippen LogP contribution in [-0.4, -0.2) is 33.5 Å². The molecule has 7 heteroatoms. The zero-order valence-corrected chi connectivity index (χ0v) is 14.8. The van der Waals surface area contributed by atoms with Crippen molar-refractivity contribution >= 4 is 23.3 Å². The number of carbonyl (C=O) groups is 1. The molecule has 1 aliphatic rings. The number of thiazole rings is 1. The second kappa shape index (κ2) is 7.70. The second-order valence-electron chi connectivity index (χ2n) is 6.19. The molecule has 0 radical (unpaired) electrons. The third-order valence-corrected chi connectivity index (χ3v) is 5.20. The minimum absolute atomic E-state index is 0.221. The molecule has 24 heavy (non-hydrogen) atoms. The van der Waals surface area contributed by atoms with Crippen LogP contribution in [0.4, 0.5) is 5.95 Å². The van der Waals surface area contributed by atoms with Crippen LogP contribution in [0.15, 0.2) is 23.8 Å². The average Bonchev–Trinajstić information content (AvgIpc) is 3.10. The first-order chi connectivity index (χ1) is 11.6. The van der Waals surface area contributed by atoms with Crippen LogP contribution in [0.5, 0.6) is 0 Å². The molecule has 0 aliphatic carbocycles. The van der Waals surface area contributed by atoms with E-state index in [-0.39, 0.29) is 18.6 Å². The number of hydrogen-bond acceptors (Lipinski definition) is 7. The van der Waals surface area contributed by atoms with Crippen LogP contribution in [0.3, 0.4) is 0 Å². The third kappa shape index (κ3) is 3.90. The van der Waals surface area contributed by atoms with Crippen molar-refractivity contribution in [3.05, 3.63) is 34.5 Å². The maximum Gasteiger partial charge on any atom is 0.329 e. The number of aromatic nitrogens is 3. The summed E-state index contributed by atoms with van der Waals surface area (Å²) in [5.41, 5.74) is 0.815. The van der Waals surface area contributed by atoms with E-state index >= 15 is 0 Å². The van der Waals surface area contributed by atoms with Crippen molar-refractivity contribution in [2.24, 2.45) is 0 Å². The van der Waals surface area contributed by atoms with Gasteiger partial charge in [-0.2, -0.15) is 0 Å². The molecule has 128 valence electrons. The van der Waals surface area contributed by atoms with Crippen LogP contribution in [0, 0.1) is 0 Å². The molecule has 0 unspecified atom stereocenters. The van der Waals surface area contributed by atoms with Crippen LogP contribution < -0.4 is 4.90 Å². The summed E-state index contributed by atoms with van der Waals surface area (Å²) >= 11 is 1.61. The lowest BCUT2D eigenvalue weighted by Gasteiger charge is -2.33. The van der Waals surface area contributed by atoms with Gasteiger partial charge in [0.2, 0.25) is 5.95 Å². The third-order valence-electron chi connectivity index (χ3n) is 4.01. The summed E-state index contributed by atoms with van der Waals surface area (Å²) in [6.07, 6.45) is 6.21. The fraction of sp³-hybridized carbons (Fsp3) is 0.529. The van der Waals surface area contributed by atoms with E-state index in [1.165, 1.54) is 0 Å². The van der Waals surface area contributed by atoms with Gasteiger partial charge in [0.05, 0.1) is 10.7 Å². The fourth-order valence-electron chi connectivity index (χ4n) is 2.75. The van der Waals surface area contributed by atoms with Gasteiger partial charge in [-0.3, -0.25) is 0 Å². The Bertz CT molecular complexity index is 674. The topological polar surface area (TPSA) is 68.2 Å². The Morgan fingerprint density at radius 2 is 2.17 bits per heavy atom. The van der Waals surface area contributed by atoms with E-state index < -0.39 is 0 Å². The highest BCUT2D eigenvalue weighted by atomic mass is 32.1. The highest BCUT2D eigenvalue weighted by Gasteiger charge is 2.31. The first-order valence-corrected chi connectivity index (χ1v) is 9.17. The van der Waals surface area contributed by atoms with Gasteiger partial charge >= 0.3 is 5.97 Å². The molecule has 2 aromatic heterocycles. The van der Waals surface area contributed by atoms with Gasteiger partial charge in [0.1, 0.15) is 12.6 Å². The van der Waals surface area contributed by atoms with E-state index in [0.29, 0.717) is 11.9 Å². The van der Waals surface area contributed by atoms with Gasteiger partial charge < -0.3 is 9.64 Å². The van der Waals surface area contributed by atoms with Gasteiger partial charge in [-0.15, -0.1) is 11.3 Å². The van der Waals surface area contributed by atoms with E-state index in [9.17, 15) is 4.79 Å². The van der Waals surface area contributed by atoms with Crippen molar-refractivity contribution in [2.45, 2.75) is 51.7 Å². The summed E-state index contributed by atoms with van der Waals surface area (Å²) in [6.45, 7) is 5.21. The minimum atomic E-state index is -0.315. The number of anilines is 1. The maximum atomic E-state index is 12.6. The molecular formula is C17H22N4O2S. The van der Waals surface area contributed by atoms with E-state index in [2.05, 4.69) is 28.8 Å². The summed E-state index contributed by atoms with van der Waals surface area (Å²) in [4.78, 5) is 27.6. The maximum absolute atomic E-state index is 12.6. The normalized spacial score (nSPS) is 18.0. The lowest BCUT2D eigenvalue weighted by Crippen LogP contribution is -2.46. The predicted octanol–water partition coefficient (Wildman–Crippen LogP) is 3.16. The molecule has 6 nitrogen and oxygen atoms in total. The number of esters is 1. The highest BCUT2D eigenvalue weighted by Crippen LogP contribution is 2.23. The molecule has 3 heterocycles. The number of rotatable bonds is 5. The van der Waals surface area contributed by atoms with Crippen molar-refractivity contribution < 1.29 is 9.53 Å². The van der Waals surface area contributed by atoms with Crippen LogP contribution >= 0.6 is 11.3 Å². The molecule has 0 aromatic carbocycles. The van der Waals surface area contributed by atoms with Crippen LogP contribution in [0.25, 0.3) is 0 Å². The van der Waals surface area contributed by atoms with Gasteiger partial charge in [0, 0.05) is 30.2 Å². The molecule has 0 amide bonds. The molecule has 0 spiro atoms. The Kier molecular flexibility index (Phi) is 5.40. The number of hydrogen-bond donors (Lipinski definition) is 0. The Hall–Kier alpha value is -2.02. The zero-order chi connectivity index (χ0) is 16.9. The van der Waals surface area contributed by atoms with Crippen molar-refractivity contribution in [1.82, 2.24) is 15.0 Å². The molecule has 2 aromatic rings. The lowest BCUT2D eigenvalue weighted by atomic mass is 10.0. The van der Waals surface area contributed by atoms with Crippen molar-refractivity contribution in [3.8, 4) is 0 Å². The molecule has 1 atom stereocenters. The highest BCUT2D eigenvalue weighted by molar-refractivity contribution is 7.09. The van der Waals surface area contributed by atoms with Gasteiger partial charge in [0.15, 0.2) is 0 Å². The Balaban J connectivity index is 1.63. The first-order valence-electron chi connectivity index (χ1n) is 8.29. The molecule has 1 saturated heterocycles. The molecular weight excluding hydrogens is 324 g/mol. The molecule has 1 fully saturated rings. The predicted molar refractivity (Wildman–Crippen MR) is 93.0 cm³/mol. The van der Waals surface area contributed by atoms with Gasteiger partial charge in [-0.25, -0.2) is 19.7 Å². The average molecular weight is 346 g/mol. The van der Waals surface area contributed by atoms with Crippen LogP contribution in [0.1, 0.15) is 49.7 Å². The number of carbonyl (C=O) groups excluding carboxylic acids is 1. The zero-order valence-electron chi connectivity index (χ0n) is 14.0. The van der Waals surface area contributed by atoms with Crippen LogP contribution in [-0.2, 0) is 16.1 Å². The smallest absolute Gasteiger partial charge is 0.329 e. The summed E-state index contributed by atoms with van der Waals surface area (Å²) in [5.74, 6) is 0.764. The standard InChI is InChI=1S/C17H22N4O2S/c1-12(2)15-20-13(11-24-15)10-23-16(22)14-6-3-4-9-21(14)17-18-7-5-8-19-17/h5,7-8,11-12,14H,3-4,6,9-10H2,1-2H3/t14-/m0/s1. The summed E-state index contributed by atoms with van der Waals surface area (Å²) < 4.78 is 5.52. The Labute approximate surface area is 145 Å². The first kappa shape index (κ1) is 16.8. The summed E-state index contributed by atoms with van der Waals surface area (Å²) in [7, 11) is 0. The second-order valence-corrected chi connectivity index (χ2v) is 7.08. The lowest BCUT2D eigenvalue weighted by molar-refractivity contribution is -0.147. The molecule has 0 N–H and O–H groups in total. The minimum Gasteiger partial charge on any atom is -0.458 e. The number of ether oxygens (including phenoxy) is 1. The number of nitrogens with zero attached hydrogens (tertiary/aromatic N) is 4. The largest absolute Gasteiger partial charge is 0.458 e. The Morgan fingerprint density at radius 3 is 2.88 bits per heavy atom. The van der Waals surface area contributed by atoms with Crippen molar-refractivity contribution in [3.63, 3.8) is 0 Å². The van der Waals surface area contributed by atoms with Crippen molar-refractivity contribution in [1.29, 1.82) is 0 Å². The quantitative estimate of drug-likeness (QED) is 0.775. The van der Waals surface area contributed by atoms with Gasteiger partial charge in [-0.1, -0.05) is 13.8 Å². The van der Waals surface area contributed by atoms with E-state index in [1.54, 1.807) is 29.8 Å². The molecule has 3 rings (SSSR count).